The maximum Gasteiger partial charge on any atom is 0.213 e. The molecule has 0 radical (unpaired) electrons. The van der Waals surface area contributed by atoms with Gasteiger partial charge in [0.25, 0.3) is 0 Å². The van der Waals surface area contributed by atoms with E-state index in [1.807, 2.05) is 0 Å². The van der Waals surface area contributed by atoms with Crippen LogP contribution in [0, 0.1) is 0 Å². The number of sulfone groups is 1. The summed E-state index contributed by atoms with van der Waals surface area (Å²) in [7, 11) is -6.85. The zero-order valence-corrected chi connectivity index (χ0v) is 11.5. The monoisotopic (exact) mass is 272 g/mol. The molecule has 0 unspecified atom stereocenters. The van der Waals surface area contributed by atoms with Crippen LogP contribution in [0.4, 0.5) is 0 Å². The van der Waals surface area contributed by atoms with Gasteiger partial charge >= 0.3 is 0 Å². The van der Waals surface area contributed by atoms with Crippen molar-refractivity contribution >= 4 is 19.9 Å². The predicted octanol–water partition coefficient (Wildman–Crippen LogP) is -0.922. The first-order valence-electron chi connectivity index (χ1n) is 4.87. The number of sulfonamides is 1. The van der Waals surface area contributed by atoms with Gasteiger partial charge in [-0.2, -0.15) is 0 Å². The SMILES string of the molecule is CC(C)(CCN)NS(=O)(=O)CCS(C)(=O)=O. The summed E-state index contributed by atoms with van der Waals surface area (Å²) in [5, 5.41) is 0. The minimum Gasteiger partial charge on any atom is -0.330 e. The minimum atomic E-state index is -3.58. The summed E-state index contributed by atoms with van der Waals surface area (Å²) in [6.07, 6.45) is 1.50. The Labute approximate surface area is 97.6 Å². The first-order chi connectivity index (χ1) is 6.97. The molecular weight excluding hydrogens is 252 g/mol. The molecule has 0 aliphatic rings. The lowest BCUT2D eigenvalue weighted by molar-refractivity contribution is 0.428. The number of hydrogen-bond acceptors (Lipinski definition) is 5. The van der Waals surface area contributed by atoms with E-state index in [-0.39, 0.29) is 5.75 Å². The van der Waals surface area contributed by atoms with E-state index < -0.39 is 31.2 Å². The van der Waals surface area contributed by atoms with Crippen LogP contribution in [0.1, 0.15) is 20.3 Å². The van der Waals surface area contributed by atoms with Crippen molar-refractivity contribution in [2.45, 2.75) is 25.8 Å². The van der Waals surface area contributed by atoms with Gasteiger partial charge in [-0.3, -0.25) is 0 Å². The van der Waals surface area contributed by atoms with Crippen LogP contribution in [0.15, 0.2) is 0 Å². The van der Waals surface area contributed by atoms with Crippen LogP contribution in [0.3, 0.4) is 0 Å². The highest BCUT2D eigenvalue weighted by Crippen LogP contribution is 2.09. The molecule has 0 saturated carbocycles. The topological polar surface area (TPSA) is 106 Å². The summed E-state index contributed by atoms with van der Waals surface area (Å²) in [6, 6.07) is 0. The van der Waals surface area contributed by atoms with Crippen molar-refractivity contribution in [1.29, 1.82) is 0 Å². The largest absolute Gasteiger partial charge is 0.330 e. The first-order valence-corrected chi connectivity index (χ1v) is 8.58. The molecule has 0 saturated heterocycles. The van der Waals surface area contributed by atoms with Crippen LogP contribution in [-0.4, -0.2) is 46.7 Å². The Balaban J connectivity index is 4.48. The number of hydrogen-bond donors (Lipinski definition) is 2. The Morgan fingerprint density at radius 1 is 1.12 bits per heavy atom. The predicted molar refractivity (Wildman–Crippen MR) is 64.4 cm³/mol. The molecule has 0 heterocycles. The zero-order valence-electron chi connectivity index (χ0n) is 9.86. The fourth-order valence-corrected chi connectivity index (χ4v) is 4.28. The summed E-state index contributed by atoms with van der Waals surface area (Å²) in [5.74, 6) is -0.791. The summed E-state index contributed by atoms with van der Waals surface area (Å²) < 4.78 is 47.3. The first kappa shape index (κ1) is 15.8. The lowest BCUT2D eigenvalue weighted by Crippen LogP contribution is -2.46. The third kappa shape index (κ3) is 8.03. The Morgan fingerprint density at radius 2 is 1.62 bits per heavy atom. The smallest absolute Gasteiger partial charge is 0.213 e. The van der Waals surface area contributed by atoms with Gasteiger partial charge in [0.05, 0.1) is 11.5 Å². The van der Waals surface area contributed by atoms with Crippen LogP contribution in [-0.2, 0) is 19.9 Å². The molecule has 16 heavy (non-hydrogen) atoms. The van der Waals surface area contributed by atoms with Crippen LogP contribution in [0.5, 0.6) is 0 Å². The summed E-state index contributed by atoms with van der Waals surface area (Å²) >= 11 is 0. The highest BCUT2D eigenvalue weighted by Gasteiger charge is 2.24. The van der Waals surface area contributed by atoms with E-state index in [2.05, 4.69) is 4.72 Å². The molecule has 0 spiro atoms. The molecular formula is C8H20N2O4S2. The van der Waals surface area contributed by atoms with Crippen molar-refractivity contribution in [3.8, 4) is 0 Å². The molecule has 0 fully saturated rings. The van der Waals surface area contributed by atoms with E-state index in [1.165, 1.54) is 0 Å². The maximum absolute atomic E-state index is 11.6. The highest BCUT2D eigenvalue weighted by molar-refractivity contribution is 7.93. The van der Waals surface area contributed by atoms with Crippen LogP contribution in [0.2, 0.25) is 0 Å². The minimum absolute atomic E-state index is 0.363. The Morgan fingerprint density at radius 3 is 2.00 bits per heavy atom. The number of rotatable bonds is 7. The Hall–Kier alpha value is -0.180. The van der Waals surface area contributed by atoms with Crippen molar-refractivity contribution in [3.05, 3.63) is 0 Å². The van der Waals surface area contributed by atoms with E-state index in [0.29, 0.717) is 13.0 Å². The fraction of sp³-hybridized carbons (Fsp3) is 1.00. The molecule has 98 valence electrons. The average molecular weight is 272 g/mol. The molecule has 0 amide bonds. The van der Waals surface area contributed by atoms with E-state index in [4.69, 9.17) is 5.73 Å². The lowest BCUT2D eigenvalue weighted by Gasteiger charge is -2.25. The average Bonchev–Trinajstić information content (AvgIpc) is 1.97. The molecule has 0 aliphatic heterocycles. The summed E-state index contributed by atoms with van der Waals surface area (Å²) in [4.78, 5) is 0. The van der Waals surface area contributed by atoms with Crippen LogP contribution in [0.25, 0.3) is 0 Å². The third-order valence-corrected chi connectivity index (χ3v) is 4.73. The van der Waals surface area contributed by atoms with Crippen LogP contribution >= 0.6 is 0 Å². The normalized spacial score (nSPS) is 14.0. The molecule has 0 atom stereocenters. The van der Waals surface area contributed by atoms with Gasteiger partial charge in [-0.1, -0.05) is 0 Å². The second kappa shape index (κ2) is 5.44. The fourth-order valence-electron chi connectivity index (χ4n) is 1.14. The molecule has 8 heteroatoms. The van der Waals surface area contributed by atoms with Gasteiger partial charge in [-0.15, -0.1) is 0 Å². The Kier molecular flexibility index (Phi) is 5.37. The molecule has 6 nitrogen and oxygen atoms in total. The van der Waals surface area contributed by atoms with Crippen molar-refractivity contribution in [3.63, 3.8) is 0 Å². The van der Waals surface area contributed by atoms with E-state index in [1.54, 1.807) is 13.8 Å². The van der Waals surface area contributed by atoms with Gasteiger partial charge in [0, 0.05) is 11.8 Å². The standard InChI is InChI=1S/C8H20N2O4S2/c1-8(2,4-5-9)10-16(13,14)7-6-15(3,11)12/h10H,4-7,9H2,1-3H3. The molecule has 0 aromatic carbocycles. The van der Waals surface area contributed by atoms with Crippen LogP contribution < -0.4 is 10.5 Å². The number of nitrogens with one attached hydrogen (secondary N) is 1. The second-order valence-electron chi connectivity index (χ2n) is 4.47. The summed E-state index contributed by atoms with van der Waals surface area (Å²) in [6.45, 7) is 3.78. The van der Waals surface area contributed by atoms with E-state index in [0.717, 1.165) is 6.26 Å². The zero-order chi connectivity index (χ0) is 13.0. The molecule has 0 aliphatic carbocycles. The van der Waals surface area contributed by atoms with Gasteiger partial charge < -0.3 is 5.73 Å². The lowest BCUT2D eigenvalue weighted by atomic mass is 10.0. The second-order valence-corrected chi connectivity index (χ2v) is 8.57. The molecule has 0 aromatic heterocycles. The van der Waals surface area contributed by atoms with Gasteiger partial charge in [0.2, 0.25) is 10.0 Å². The van der Waals surface area contributed by atoms with Gasteiger partial charge in [0.1, 0.15) is 9.84 Å². The van der Waals surface area contributed by atoms with Crippen molar-refractivity contribution < 1.29 is 16.8 Å². The highest BCUT2D eigenvalue weighted by atomic mass is 32.2. The van der Waals surface area contributed by atoms with Crippen molar-refractivity contribution in [2.24, 2.45) is 5.73 Å². The maximum atomic E-state index is 11.6. The quantitative estimate of drug-likeness (QED) is 0.623. The molecule has 3 N–H and O–H groups in total. The Bertz CT molecular complexity index is 411. The van der Waals surface area contributed by atoms with Crippen molar-refractivity contribution in [1.82, 2.24) is 4.72 Å². The summed E-state index contributed by atoms with van der Waals surface area (Å²) in [5.41, 5.74) is 4.70. The van der Waals surface area contributed by atoms with Gasteiger partial charge in [0.15, 0.2) is 0 Å². The van der Waals surface area contributed by atoms with E-state index in [9.17, 15) is 16.8 Å². The van der Waals surface area contributed by atoms with E-state index >= 15 is 0 Å². The van der Waals surface area contributed by atoms with Gasteiger partial charge in [-0.05, 0) is 26.8 Å². The third-order valence-electron chi connectivity index (χ3n) is 1.92. The van der Waals surface area contributed by atoms with Gasteiger partial charge in [-0.25, -0.2) is 21.6 Å². The molecule has 0 aromatic rings. The molecule has 0 bridgehead atoms. The molecule has 0 rings (SSSR count). The number of nitrogens with two attached hydrogens (primary N) is 1. The van der Waals surface area contributed by atoms with Crippen molar-refractivity contribution in [2.75, 3.05) is 24.3 Å².